The van der Waals surface area contributed by atoms with E-state index < -0.39 is 0 Å². The van der Waals surface area contributed by atoms with Crippen molar-refractivity contribution in [3.05, 3.63) is 473 Å². The Bertz CT molecular complexity index is 7980. The molecule has 4 nitrogen and oxygen atoms in total. The van der Waals surface area contributed by atoms with Gasteiger partial charge in [-0.2, -0.15) is 0 Å². The summed E-state index contributed by atoms with van der Waals surface area (Å²) in [6, 6.07) is 172. The highest BCUT2D eigenvalue weighted by Gasteiger charge is 2.22. The standard InChI is InChI=1S/C64H42N2.C54H36N2/c1-3-16-49(17-4-1)65(50-18-5-2-6-19-50)51-33-26-44(27-34-51)47-31-38-63-61(41-47)62-42-48(54-25-13-15-45-14-7-8-20-53(45)54)32-39-64(62)66(63)52-35-28-43(29-36-52)46-30-37-59-57-23-10-9-21-55(57)56-22-11-12-24-58(56)60(59)40-46;1-3-13-41(14-4-1)55(42-15-5-2-6-16-42)43-29-23-38(24-30-43)40-28-34-54-52(36-40)50-21-11-12-22-53(50)56(54)44-31-25-37(26-32-44)39-27-33-49-47-19-8-7-17-45(47)46-18-9-10-20-48(46)51(49)35-39/h1-42H;1-36H. The van der Waals surface area contributed by atoms with E-state index in [-0.39, 0.29) is 0 Å². The van der Waals surface area contributed by atoms with Crippen LogP contribution in [-0.4, -0.2) is 9.13 Å². The van der Waals surface area contributed by atoms with Crippen LogP contribution in [0.25, 0.3) is 186 Å². The summed E-state index contributed by atoms with van der Waals surface area (Å²) in [4.78, 5) is 4.61. The van der Waals surface area contributed by atoms with Crippen LogP contribution in [0.5, 0.6) is 0 Å². The highest BCUT2D eigenvalue weighted by molar-refractivity contribution is 6.27. The lowest BCUT2D eigenvalue weighted by Gasteiger charge is -2.25. The molecular weight excluding hydrogens is 1470 g/mol. The smallest absolute Gasteiger partial charge is 0.0541 e. The van der Waals surface area contributed by atoms with Gasteiger partial charge in [-0.15, -0.1) is 0 Å². The van der Waals surface area contributed by atoms with Crippen molar-refractivity contribution in [2.75, 3.05) is 9.80 Å². The first-order valence-corrected chi connectivity index (χ1v) is 42.0. The summed E-state index contributed by atoms with van der Waals surface area (Å²) in [5.74, 6) is 0. The zero-order valence-electron chi connectivity index (χ0n) is 66.8. The number of rotatable bonds is 13. The second-order valence-electron chi connectivity index (χ2n) is 31.8. The van der Waals surface area contributed by atoms with Gasteiger partial charge in [0.25, 0.3) is 0 Å². The van der Waals surface area contributed by atoms with Crippen molar-refractivity contribution in [1.29, 1.82) is 0 Å². The largest absolute Gasteiger partial charge is 0.311 e. The number of fused-ring (bicyclic) bond motifs is 19. The predicted octanol–water partition coefficient (Wildman–Crippen LogP) is 32.9. The van der Waals surface area contributed by atoms with Gasteiger partial charge < -0.3 is 18.9 Å². The topological polar surface area (TPSA) is 16.3 Å². The molecule has 0 saturated heterocycles. The minimum absolute atomic E-state index is 1.11. The van der Waals surface area contributed by atoms with Crippen LogP contribution < -0.4 is 9.80 Å². The van der Waals surface area contributed by atoms with E-state index in [2.05, 4.69) is 492 Å². The molecule has 2 heterocycles. The number of benzene rings is 22. The summed E-state index contributed by atoms with van der Waals surface area (Å²) in [5.41, 5.74) is 25.8. The Morgan fingerprint density at radius 2 is 0.369 bits per heavy atom. The molecule has 4 heteroatoms. The lowest BCUT2D eigenvalue weighted by molar-refractivity contribution is 1.18. The Hall–Kier alpha value is -16.1. The first kappa shape index (κ1) is 71.2. The van der Waals surface area contributed by atoms with E-state index in [0.717, 1.165) is 45.5 Å². The van der Waals surface area contributed by atoms with Gasteiger partial charge in [-0.05, 0) is 283 Å². The molecule has 0 bridgehead atoms. The van der Waals surface area contributed by atoms with Gasteiger partial charge in [0.2, 0.25) is 0 Å². The van der Waals surface area contributed by atoms with E-state index in [1.807, 2.05) is 0 Å². The molecule has 122 heavy (non-hydrogen) atoms. The van der Waals surface area contributed by atoms with Crippen LogP contribution in [0.15, 0.2) is 473 Å². The summed E-state index contributed by atoms with van der Waals surface area (Å²) in [7, 11) is 0. The fourth-order valence-corrected chi connectivity index (χ4v) is 19.1. The number of hydrogen-bond acceptors (Lipinski definition) is 2. The summed E-state index contributed by atoms with van der Waals surface area (Å²) in [6.07, 6.45) is 0. The van der Waals surface area contributed by atoms with E-state index in [0.29, 0.717) is 0 Å². The second kappa shape index (κ2) is 30.1. The van der Waals surface area contributed by atoms with Crippen molar-refractivity contribution >= 4 is 153 Å². The molecule has 0 aliphatic rings. The molecule has 22 aromatic carbocycles. The number of anilines is 6. The number of hydrogen-bond donors (Lipinski definition) is 0. The molecule has 0 aliphatic heterocycles. The van der Waals surface area contributed by atoms with Crippen molar-refractivity contribution < 1.29 is 0 Å². The summed E-state index contributed by atoms with van der Waals surface area (Å²) >= 11 is 0. The fraction of sp³-hybridized carbons (Fsp3) is 0. The maximum atomic E-state index is 2.44. The van der Waals surface area contributed by atoms with E-state index in [1.165, 1.54) is 175 Å². The molecule has 24 rings (SSSR count). The van der Waals surface area contributed by atoms with Crippen LogP contribution in [0.2, 0.25) is 0 Å². The van der Waals surface area contributed by atoms with E-state index in [1.54, 1.807) is 0 Å². The third-order valence-electron chi connectivity index (χ3n) is 24.9. The molecule has 0 fully saturated rings. The summed E-state index contributed by atoms with van der Waals surface area (Å²) in [5, 5.41) is 23.0. The predicted molar refractivity (Wildman–Crippen MR) is 521 cm³/mol. The molecule has 0 atom stereocenters. The maximum absolute atomic E-state index is 2.44. The van der Waals surface area contributed by atoms with E-state index in [4.69, 9.17) is 0 Å². The van der Waals surface area contributed by atoms with Gasteiger partial charge in [0, 0.05) is 67.0 Å². The van der Waals surface area contributed by atoms with Gasteiger partial charge in [0.15, 0.2) is 0 Å². The van der Waals surface area contributed by atoms with Crippen LogP contribution >= 0.6 is 0 Å². The lowest BCUT2D eigenvalue weighted by Crippen LogP contribution is -2.09. The van der Waals surface area contributed by atoms with Gasteiger partial charge in [-0.1, -0.05) is 322 Å². The van der Waals surface area contributed by atoms with Gasteiger partial charge >= 0.3 is 0 Å². The first-order valence-electron chi connectivity index (χ1n) is 42.0. The SMILES string of the molecule is c1ccc(N(c2ccccc2)c2ccc(-c3ccc4c(c3)c3cc(-c5cccc6ccccc56)ccc3n4-c3ccc(-c4ccc5c6ccccc6c6ccccc6c5c4)cc3)cc2)cc1.c1ccc(N(c2ccccc2)c2ccc(-c3ccc4c(c3)c3ccccc3n4-c3ccc(-c4ccc5c6ccccc6c6ccccc6c5c4)cc3)cc2)cc1. The molecule has 2 aromatic heterocycles. The molecule has 24 aromatic rings. The normalized spacial score (nSPS) is 11.6. The number of para-hydroxylation sites is 5. The van der Waals surface area contributed by atoms with Crippen LogP contribution in [0.3, 0.4) is 0 Å². The molecule has 0 saturated carbocycles. The molecule has 0 N–H and O–H groups in total. The summed E-state index contributed by atoms with van der Waals surface area (Å²) < 4.78 is 4.84. The Labute approximate surface area is 707 Å². The molecule has 0 radical (unpaired) electrons. The Morgan fingerprint density at radius 1 is 0.131 bits per heavy atom. The number of aromatic nitrogens is 2. The average Bonchev–Trinajstić information content (AvgIpc) is 1.42. The molecule has 0 unspecified atom stereocenters. The van der Waals surface area contributed by atoms with Crippen LogP contribution in [0.1, 0.15) is 0 Å². The maximum Gasteiger partial charge on any atom is 0.0541 e. The van der Waals surface area contributed by atoms with Crippen LogP contribution in [0, 0.1) is 0 Å². The zero-order valence-corrected chi connectivity index (χ0v) is 66.8. The van der Waals surface area contributed by atoms with Crippen molar-refractivity contribution in [2.24, 2.45) is 0 Å². The van der Waals surface area contributed by atoms with Crippen molar-refractivity contribution in [3.8, 4) is 67.0 Å². The Morgan fingerprint density at radius 3 is 0.746 bits per heavy atom. The monoisotopic (exact) mass is 1550 g/mol. The highest BCUT2D eigenvalue weighted by atomic mass is 15.1. The van der Waals surface area contributed by atoms with Crippen molar-refractivity contribution in [1.82, 2.24) is 9.13 Å². The second-order valence-corrected chi connectivity index (χ2v) is 31.8. The van der Waals surface area contributed by atoms with E-state index >= 15 is 0 Å². The molecule has 0 amide bonds. The number of nitrogens with zero attached hydrogens (tertiary/aromatic N) is 4. The van der Waals surface area contributed by atoms with Crippen LogP contribution in [-0.2, 0) is 0 Å². The molecule has 0 spiro atoms. The van der Waals surface area contributed by atoms with Crippen molar-refractivity contribution in [3.63, 3.8) is 0 Å². The average molecular weight is 1550 g/mol. The quantitative estimate of drug-likeness (QED) is 0.107. The molecule has 0 aliphatic carbocycles. The van der Waals surface area contributed by atoms with Gasteiger partial charge in [0.1, 0.15) is 0 Å². The van der Waals surface area contributed by atoms with Gasteiger partial charge in [0.05, 0.1) is 22.1 Å². The third-order valence-corrected chi connectivity index (χ3v) is 24.9. The minimum atomic E-state index is 1.11. The van der Waals surface area contributed by atoms with Crippen LogP contribution in [0.4, 0.5) is 34.1 Å². The molecular formula is C118H78N4. The highest BCUT2D eigenvalue weighted by Crippen LogP contribution is 2.46. The fourth-order valence-electron chi connectivity index (χ4n) is 19.1. The van der Waals surface area contributed by atoms with Crippen molar-refractivity contribution in [2.45, 2.75) is 0 Å². The minimum Gasteiger partial charge on any atom is -0.311 e. The Kier molecular flexibility index (Phi) is 17.6. The van der Waals surface area contributed by atoms with E-state index in [9.17, 15) is 0 Å². The third kappa shape index (κ3) is 12.5. The lowest BCUT2D eigenvalue weighted by atomic mass is 9.92. The van der Waals surface area contributed by atoms with Gasteiger partial charge in [-0.3, -0.25) is 0 Å². The Balaban J connectivity index is 0.000000144. The zero-order chi connectivity index (χ0) is 80.6. The van der Waals surface area contributed by atoms with Gasteiger partial charge in [-0.25, -0.2) is 0 Å². The first-order chi connectivity index (χ1) is 60.5. The molecule has 570 valence electrons. The summed E-state index contributed by atoms with van der Waals surface area (Å²) in [6.45, 7) is 0.